The van der Waals surface area contributed by atoms with Crippen LogP contribution in [0.5, 0.6) is 0 Å². The fourth-order valence-corrected chi connectivity index (χ4v) is 15.0. The first-order valence-electron chi connectivity index (χ1n) is 11.5. The average Bonchev–Trinajstić information content (AvgIpc) is 2.56. The van der Waals surface area contributed by atoms with E-state index in [2.05, 4.69) is 115 Å². The van der Waals surface area contributed by atoms with E-state index in [1.807, 2.05) is 0 Å². The number of rotatable bonds is 4. The molecule has 0 N–H and O–H groups in total. The Bertz CT molecular complexity index is 1020. The average molecular weight is 467 g/mol. The first kappa shape index (κ1) is 23.7. The van der Waals surface area contributed by atoms with E-state index in [-0.39, 0.29) is 0 Å². The molecule has 0 aromatic heterocycles. The second-order valence-corrected chi connectivity index (χ2v) is 33.5. The summed E-state index contributed by atoms with van der Waals surface area (Å²) in [5, 5.41) is 12.6. The van der Waals surface area contributed by atoms with Crippen LogP contribution in [0.25, 0.3) is 21.5 Å². The second kappa shape index (κ2) is 7.29. The van der Waals surface area contributed by atoms with Crippen LogP contribution >= 0.6 is 0 Å². The molecule has 3 aromatic rings. The third-order valence-electron chi connectivity index (χ3n) is 6.34. The maximum Gasteiger partial charge on any atom is 0.0774 e. The number of benzene rings is 3. The summed E-state index contributed by atoms with van der Waals surface area (Å²) in [5.41, 5.74) is 0. The van der Waals surface area contributed by atoms with E-state index < -0.39 is 32.3 Å². The van der Waals surface area contributed by atoms with Gasteiger partial charge in [-0.3, -0.25) is 0 Å². The summed E-state index contributed by atoms with van der Waals surface area (Å²) in [6.07, 6.45) is 0. The topological polar surface area (TPSA) is 0 Å². The Morgan fingerprint density at radius 2 is 0.600 bits per heavy atom. The van der Waals surface area contributed by atoms with Gasteiger partial charge in [0.25, 0.3) is 0 Å². The Hall–Kier alpha value is -0.952. The van der Waals surface area contributed by atoms with Crippen LogP contribution in [0, 0.1) is 0 Å². The van der Waals surface area contributed by atoms with Crippen LogP contribution in [-0.4, -0.2) is 32.3 Å². The second-order valence-electron chi connectivity index (χ2n) is 13.3. The third kappa shape index (κ3) is 4.47. The van der Waals surface area contributed by atoms with Crippen LogP contribution in [0.3, 0.4) is 0 Å². The maximum atomic E-state index is 2.61. The molecule has 4 heteroatoms. The summed E-state index contributed by atoms with van der Waals surface area (Å²) in [7, 11) is -5.67. The van der Waals surface area contributed by atoms with Gasteiger partial charge in [0.05, 0.1) is 32.3 Å². The van der Waals surface area contributed by atoms with E-state index in [0.29, 0.717) is 0 Å². The quantitative estimate of drug-likeness (QED) is 0.318. The molecule has 0 aliphatic heterocycles. The lowest BCUT2D eigenvalue weighted by Crippen LogP contribution is -2.56. The molecule has 0 radical (unpaired) electrons. The monoisotopic (exact) mass is 466 g/mol. The molecule has 0 heterocycles. The van der Waals surface area contributed by atoms with Crippen molar-refractivity contribution >= 4 is 74.6 Å². The molecule has 0 atom stereocenters. The Balaban J connectivity index is 2.50. The van der Waals surface area contributed by atoms with E-state index >= 15 is 0 Å². The summed E-state index contributed by atoms with van der Waals surface area (Å²) >= 11 is 0. The van der Waals surface area contributed by atoms with Gasteiger partial charge in [0.2, 0.25) is 0 Å². The highest BCUT2D eigenvalue weighted by atomic mass is 28.3. The fraction of sp³-hybridized carbons (Fsp3) is 0.462. The van der Waals surface area contributed by atoms with E-state index in [4.69, 9.17) is 0 Å². The first-order valence-corrected chi connectivity index (χ1v) is 25.5. The molecule has 0 aliphatic rings. The van der Waals surface area contributed by atoms with Crippen LogP contribution in [0.15, 0.2) is 36.4 Å². The van der Waals surface area contributed by atoms with Crippen LogP contribution in [0.4, 0.5) is 0 Å². The molecule has 0 saturated carbocycles. The Labute approximate surface area is 189 Å². The molecule has 0 aliphatic carbocycles. The van der Waals surface area contributed by atoms with Crippen LogP contribution in [-0.2, 0) is 0 Å². The summed E-state index contributed by atoms with van der Waals surface area (Å²) in [6, 6.07) is 15.1. The van der Waals surface area contributed by atoms with Gasteiger partial charge in [-0.1, -0.05) is 136 Å². The highest BCUT2D eigenvalue weighted by molar-refractivity contribution is 6.99. The van der Waals surface area contributed by atoms with E-state index in [1.54, 1.807) is 20.7 Å². The minimum Gasteiger partial charge on any atom is -0.0656 e. The number of hydrogen-bond donors (Lipinski definition) is 0. The van der Waals surface area contributed by atoms with E-state index in [0.717, 1.165) is 0 Å². The summed E-state index contributed by atoms with van der Waals surface area (Å²) in [6.45, 7) is 30.1. The molecule has 3 rings (SSSR count). The van der Waals surface area contributed by atoms with Crippen LogP contribution in [0.2, 0.25) is 78.6 Å². The Morgan fingerprint density at radius 1 is 0.367 bits per heavy atom. The SMILES string of the molecule is C[Si](C)(C)c1cc2ccc3cc([Si](C)(C)C)c([Si](C)(C)C)cc3c2cc1[Si](C)(C)C. The first-order chi connectivity index (χ1) is 13.4. The standard InChI is InChI=1S/C26H42Si4/c1-27(2,3)23-15-19-13-14-20-16-24(28(4,5)6)26(30(10,11)12)18-22(20)21(19)17-25(23)29(7,8)9/h13-18H,1-12H3. The molecule has 0 fully saturated rings. The molecule has 3 aromatic carbocycles. The van der Waals surface area contributed by atoms with Gasteiger partial charge in [-0.05, 0) is 21.5 Å². The van der Waals surface area contributed by atoms with E-state index in [1.165, 1.54) is 21.5 Å². The predicted octanol–water partition coefficient (Wildman–Crippen LogP) is 6.17. The zero-order valence-corrected chi connectivity index (χ0v) is 25.5. The summed E-state index contributed by atoms with van der Waals surface area (Å²) < 4.78 is 0. The molecule has 0 unspecified atom stereocenters. The normalized spacial score (nSPS) is 14.0. The zero-order chi connectivity index (χ0) is 22.9. The van der Waals surface area contributed by atoms with Crippen molar-refractivity contribution in [3.8, 4) is 0 Å². The van der Waals surface area contributed by atoms with Crippen LogP contribution < -0.4 is 20.7 Å². The number of hydrogen-bond acceptors (Lipinski definition) is 0. The lowest BCUT2D eigenvalue weighted by atomic mass is 10.0. The van der Waals surface area contributed by atoms with Gasteiger partial charge >= 0.3 is 0 Å². The Morgan fingerprint density at radius 3 is 0.833 bits per heavy atom. The maximum absolute atomic E-state index is 2.61. The van der Waals surface area contributed by atoms with E-state index in [9.17, 15) is 0 Å². The highest BCUT2D eigenvalue weighted by Crippen LogP contribution is 2.26. The van der Waals surface area contributed by atoms with Gasteiger partial charge in [-0.15, -0.1) is 0 Å². The summed E-state index contributed by atoms with van der Waals surface area (Å²) in [4.78, 5) is 0. The van der Waals surface area contributed by atoms with Crippen molar-refractivity contribution in [3.63, 3.8) is 0 Å². The lowest BCUT2D eigenvalue weighted by Gasteiger charge is -2.30. The fourth-order valence-electron chi connectivity index (χ4n) is 4.64. The lowest BCUT2D eigenvalue weighted by molar-refractivity contribution is 1.68. The minimum absolute atomic E-state index is 1.40. The predicted molar refractivity (Wildman–Crippen MR) is 153 cm³/mol. The van der Waals surface area contributed by atoms with Gasteiger partial charge in [0.1, 0.15) is 0 Å². The van der Waals surface area contributed by atoms with Crippen molar-refractivity contribution in [3.05, 3.63) is 36.4 Å². The highest BCUT2D eigenvalue weighted by Gasteiger charge is 2.30. The van der Waals surface area contributed by atoms with Gasteiger partial charge in [0, 0.05) is 0 Å². The molecule has 0 spiro atoms. The van der Waals surface area contributed by atoms with Crippen molar-refractivity contribution in [1.82, 2.24) is 0 Å². The van der Waals surface area contributed by atoms with Crippen LogP contribution in [0.1, 0.15) is 0 Å². The van der Waals surface area contributed by atoms with Gasteiger partial charge in [0.15, 0.2) is 0 Å². The minimum atomic E-state index is -1.43. The molecule has 0 amide bonds. The smallest absolute Gasteiger partial charge is 0.0656 e. The largest absolute Gasteiger partial charge is 0.0774 e. The molecule has 0 nitrogen and oxygen atoms in total. The van der Waals surface area contributed by atoms with Crippen molar-refractivity contribution < 1.29 is 0 Å². The van der Waals surface area contributed by atoms with Gasteiger partial charge in [-0.2, -0.15) is 0 Å². The molecular weight excluding hydrogens is 425 g/mol. The molecule has 0 saturated heterocycles. The molecular formula is C26H42Si4. The number of fused-ring (bicyclic) bond motifs is 3. The van der Waals surface area contributed by atoms with Gasteiger partial charge in [-0.25, -0.2) is 0 Å². The zero-order valence-electron chi connectivity index (χ0n) is 21.5. The van der Waals surface area contributed by atoms with Crippen molar-refractivity contribution in [1.29, 1.82) is 0 Å². The molecule has 162 valence electrons. The van der Waals surface area contributed by atoms with Crippen molar-refractivity contribution in [2.75, 3.05) is 0 Å². The molecule has 30 heavy (non-hydrogen) atoms. The Kier molecular flexibility index (Phi) is 5.76. The van der Waals surface area contributed by atoms with Crippen molar-refractivity contribution in [2.45, 2.75) is 78.6 Å². The van der Waals surface area contributed by atoms with Crippen molar-refractivity contribution in [2.24, 2.45) is 0 Å². The third-order valence-corrected chi connectivity index (χ3v) is 15.0. The molecule has 0 bridgehead atoms. The van der Waals surface area contributed by atoms with Gasteiger partial charge < -0.3 is 0 Å². The summed E-state index contributed by atoms with van der Waals surface area (Å²) in [5.74, 6) is 0.